The Hall–Kier alpha value is -4.74. The van der Waals surface area contributed by atoms with Crippen LogP contribution < -0.4 is 11.2 Å². The Morgan fingerprint density at radius 1 is 0.937 bits per heavy atom. The molecule has 16 heteroatoms. The molecule has 3 N–H and O–H groups in total. The fourth-order valence-corrected chi connectivity index (χ4v) is 9.52. The molecule has 14 atom stereocenters. The summed E-state index contributed by atoms with van der Waals surface area (Å²) in [7, 11) is 5.17. The van der Waals surface area contributed by atoms with E-state index < -0.39 is 101 Å². The minimum absolute atomic E-state index is 0.00854. The molecule has 0 bridgehead atoms. The van der Waals surface area contributed by atoms with Crippen LogP contribution in [0.25, 0.3) is 0 Å². The van der Waals surface area contributed by atoms with Crippen molar-refractivity contribution in [3.05, 3.63) is 71.8 Å². The lowest BCUT2D eigenvalue weighted by molar-refractivity contribution is -0.294. The van der Waals surface area contributed by atoms with Gasteiger partial charge in [-0.1, -0.05) is 76.2 Å². The summed E-state index contributed by atoms with van der Waals surface area (Å²) in [4.78, 5) is 86.6. The number of likely N-dealkylation sites (N-methyl/N-ethyl adjacent to an activating group) is 1. The summed E-state index contributed by atoms with van der Waals surface area (Å²) < 4.78 is 37.8. The van der Waals surface area contributed by atoms with Crippen molar-refractivity contribution in [2.75, 3.05) is 21.2 Å². The zero-order valence-corrected chi connectivity index (χ0v) is 38.4. The topological polar surface area (TPSA) is 202 Å². The Balaban J connectivity index is 1.54. The highest BCUT2D eigenvalue weighted by atomic mass is 16.7. The number of cyclic esters (lactones) is 1. The van der Waals surface area contributed by atoms with Gasteiger partial charge in [-0.15, -0.1) is 0 Å². The third-order valence-electron chi connectivity index (χ3n) is 13.2. The number of rotatable bonds is 11. The van der Waals surface area contributed by atoms with E-state index in [4.69, 9.17) is 34.2 Å². The molecule has 0 saturated carbocycles. The molecule has 3 fully saturated rings. The molecule has 346 valence electrons. The van der Waals surface area contributed by atoms with Crippen LogP contribution in [0.1, 0.15) is 90.6 Å². The third kappa shape index (κ3) is 10.6. The molecule has 16 nitrogen and oxygen atoms in total. The molecule has 63 heavy (non-hydrogen) atoms. The average molecular weight is 879 g/mol. The lowest BCUT2D eigenvalue weighted by Gasteiger charge is -2.47. The number of carbonyl (C=O) groups is 6. The van der Waals surface area contributed by atoms with Gasteiger partial charge in [-0.05, 0) is 85.2 Å². The molecule has 2 amide bonds. The highest BCUT2D eigenvalue weighted by molar-refractivity contribution is 6.00. The molecule has 3 heterocycles. The molecular weight excluding hydrogens is 813 g/mol. The van der Waals surface area contributed by atoms with Crippen molar-refractivity contribution >= 4 is 35.5 Å². The van der Waals surface area contributed by atoms with Gasteiger partial charge < -0.3 is 39.1 Å². The van der Waals surface area contributed by atoms with Crippen LogP contribution in [0.2, 0.25) is 0 Å². The number of hydrazine groups is 1. The minimum atomic E-state index is -1.67. The van der Waals surface area contributed by atoms with Gasteiger partial charge in [-0.3, -0.25) is 24.6 Å². The van der Waals surface area contributed by atoms with E-state index in [1.165, 1.54) is 14.0 Å². The van der Waals surface area contributed by atoms with Crippen molar-refractivity contribution in [1.29, 1.82) is 0 Å². The highest BCUT2D eigenvalue weighted by Gasteiger charge is 2.61. The third-order valence-corrected chi connectivity index (χ3v) is 13.2. The van der Waals surface area contributed by atoms with Crippen LogP contribution in [0.3, 0.4) is 0 Å². The minimum Gasteiger partial charge on any atom is -0.457 e. The van der Waals surface area contributed by atoms with E-state index in [2.05, 4.69) is 5.43 Å². The second-order valence-electron chi connectivity index (χ2n) is 18.1. The molecule has 3 aliphatic rings. The smallest absolute Gasteiger partial charge is 0.429 e. The molecule has 2 aromatic rings. The average Bonchev–Trinajstić information content (AvgIpc) is 3.52. The number of Topliss-reactive ketones (excluding diaryl/α,β-unsaturated/α-hetero) is 2. The Bertz CT molecular complexity index is 1950. The van der Waals surface area contributed by atoms with Crippen molar-refractivity contribution in [1.82, 2.24) is 15.3 Å². The number of esters is 2. The fourth-order valence-electron chi connectivity index (χ4n) is 9.52. The van der Waals surface area contributed by atoms with Gasteiger partial charge in [0.15, 0.2) is 23.8 Å². The largest absolute Gasteiger partial charge is 0.457 e. The van der Waals surface area contributed by atoms with Crippen LogP contribution in [0.5, 0.6) is 0 Å². The summed E-state index contributed by atoms with van der Waals surface area (Å²) in [5.41, 5.74) is 6.99. The quantitative estimate of drug-likeness (QED) is 0.179. The predicted molar refractivity (Wildman–Crippen MR) is 231 cm³/mol. The summed E-state index contributed by atoms with van der Waals surface area (Å²) in [6.45, 7) is 13.3. The van der Waals surface area contributed by atoms with Crippen LogP contribution >= 0.6 is 0 Å². The van der Waals surface area contributed by atoms with E-state index in [1.54, 1.807) is 71.9 Å². The molecule has 2 aromatic carbocycles. The molecule has 3 saturated heterocycles. The van der Waals surface area contributed by atoms with E-state index in [9.17, 15) is 28.8 Å². The monoisotopic (exact) mass is 878 g/mol. The SMILES string of the molecule is CC[C@H]1OC(=O)[C@H](C)C(=O)[C@H](C)[C@@H](O[C@@H]2O[C@H](C)C[C@H](N(C)C)[C@H]2OC(=O)c2ccccc2)[C@](C)(OC)C[C@@H](C)C(=O)[C@H](C)[C@H]2N(NC(=O)[C@@H](N)Cc3ccccc3)C(=O)O[C@]12C. The van der Waals surface area contributed by atoms with Crippen LogP contribution in [0.15, 0.2) is 60.7 Å². The van der Waals surface area contributed by atoms with Crippen molar-refractivity contribution in [2.24, 2.45) is 29.4 Å². The van der Waals surface area contributed by atoms with E-state index in [0.717, 1.165) is 10.6 Å². The van der Waals surface area contributed by atoms with Crippen LogP contribution in [-0.4, -0.2) is 127 Å². The number of nitrogens with zero attached hydrogens (tertiary/aromatic N) is 2. The van der Waals surface area contributed by atoms with Crippen molar-refractivity contribution in [3.63, 3.8) is 0 Å². The molecule has 0 aliphatic carbocycles. The highest BCUT2D eigenvalue weighted by Crippen LogP contribution is 2.43. The summed E-state index contributed by atoms with van der Waals surface area (Å²) in [6, 6.07) is 15.0. The van der Waals surface area contributed by atoms with Gasteiger partial charge in [-0.25, -0.2) is 14.6 Å². The number of amides is 2. The number of hydrogen-bond donors (Lipinski definition) is 2. The number of nitrogens with one attached hydrogen (secondary N) is 1. The molecular formula is C47H66N4O12. The molecule has 0 spiro atoms. The maximum atomic E-state index is 14.8. The maximum Gasteiger partial charge on any atom is 0.429 e. The first-order valence-corrected chi connectivity index (χ1v) is 21.9. The van der Waals surface area contributed by atoms with Crippen LogP contribution in [0.4, 0.5) is 4.79 Å². The molecule has 0 radical (unpaired) electrons. The van der Waals surface area contributed by atoms with Gasteiger partial charge in [0.05, 0.1) is 35.5 Å². The molecule has 3 aliphatic heterocycles. The Labute approximate surface area is 370 Å². The normalized spacial score (nSPS) is 34.9. The van der Waals surface area contributed by atoms with Crippen molar-refractivity contribution < 1.29 is 57.2 Å². The standard InChI is InChI=1S/C47H66N4O12/c1-12-35-47(8)39(51(45(57)63-47)49-41(54)33(48)24-31-19-15-13-16-20-31)28(4)36(52)26(2)25-46(7,58-11)40(29(5)37(53)30(6)42(55)60-35)62-44-38(34(50(9)10)23-27(3)59-44)61-43(56)32-21-17-14-18-22-32/h13-22,26-30,33-35,38-40,44H,12,23-25,48H2,1-11H3,(H,49,54)/t26-,27-,28+,29+,30-,33+,34+,35-,38-,39-,40-,44+,46-,47-/m1/s1. The predicted octanol–water partition coefficient (Wildman–Crippen LogP) is 4.66. The Morgan fingerprint density at radius 2 is 1.56 bits per heavy atom. The van der Waals surface area contributed by atoms with Crippen LogP contribution in [0, 0.1) is 23.7 Å². The number of methoxy groups -OCH3 is 1. The summed E-state index contributed by atoms with van der Waals surface area (Å²) in [5.74, 6) is -7.33. The van der Waals surface area contributed by atoms with Gasteiger partial charge >= 0.3 is 18.0 Å². The van der Waals surface area contributed by atoms with Gasteiger partial charge in [-0.2, -0.15) is 0 Å². The zero-order valence-electron chi connectivity index (χ0n) is 38.4. The van der Waals surface area contributed by atoms with E-state index >= 15 is 0 Å². The number of hydrogen-bond acceptors (Lipinski definition) is 14. The lowest BCUT2D eigenvalue weighted by atomic mass is 9.73. The maximum absolute atomic E-state index is 14.8. The summed E-state index contributed by atoms with van der Waals surface area (Å²) >= 11 is 0. The Morgan fingerprint density at radius 3 is 2.14 bits per heavy atom. The van der Waals surface area contributed by atoms with Crippen molar-refractivity contribution in [3.8, 4) is 0 Å². The zero-order chi connectivity index (χ0) is 46.6. The second-order valence-corrected chi connectivity index (χ2v) is 18.1. The van der Waals surface area contributed by atoms with E-state index in [1.807, 2.05) is 56.3 Å². The number of nitrogens with two attached hydrogens (primary N) is 1. The molecule has 0 unspecified atom stereocenters. The number of carbonyl (C=O) groups excluding carboxylic acids is 6. The first-order chi connectivity index (χ1) is 29.7. The van der Waals surface area contributed by atoms with Crippen LogP contribution in [-0.2, 0) is 54.0 Å². The fraction of sp³-hybridized carbons (Fsp3) is 0.617. The van der Waals surface area contributed by atoms with Gasteiger partial charge in [0.1, 0.15) is 23.8 Å². The summed E-state index contributed by atoms with van der Waals surface area (Å²) in [5, 5.41) is 0.975. The van der Waals surface area contributed by atoms with Crippen molar-refractivity contribution in [2.45, 2.75) is 141 Å². The van der Waals surface area contributed by atoms with E-state index in [-0.39, 0.29) is 37.2 Å². The molecule has 0 aromatic heterocycles. The number of benzene rings is 2. The lowest BCUT2D eigenvalue weighted by Crippen LogP contribution is -2.62. The Kier molecular flexibility index (Phi) is 16.0. The van der Waals surface area contributed by atoms with Gasteiger partial charge in [0.2, 0.25) is 0 Å². The first-order valence-electron chi connectivity index (χ1n) is 21.9. The van der Waals surface area contributed by atoms with E-state index in [0.29, 0.717) is 12.0 Å². The van der Waals surface area contributed by atoms with Gasteiger partial charge in [0, 0.05) is 24.9 Å². The first kappa shape index (κ1) is 49.3. The number of ether oxygens (including phenoxy) is 6. The second kappa shape index (κ2) is 20.4. The number of ketones is 2. The van der Waals surface area contributed by atoms with Gasteiger partial charge in [0.25, 0.3) is 5.91 Å². The summed E-state index contributed by atoms with van der Waals surface area (Å²) in [6.07, 6.45) is -5.10. The molecule has 5 rings (SSSR count). The number of fused-ring (bicyclic) bond motifs is 1.